The second-order valence-corrected chi connectivity index (χ2v) is 4.05. The zero-order valence-corrected chi connectivity index (χ0v) is 16.0. The summed E-state index contributed by atoms with van der Waals surface area (Å²) in [7, 11) is 1.42. The Morgan fingerprint density at radius 3 is 1.67 bits per heavy atom. The van der Waals surface area contributed by atoms with Gasteiger partial charge in [0.1, 0.15) is 0 Å². The second-order valence-electron chi connectivity index (χ2n) is 4.05. The van der Waals surface area contributed by atoms with Crippen LogP contribution in [-0.2, 0) is 19.1 Å². The summed E-state index contributed by atoms with van der Waals surface area (Å²) in [5, 5.41) is 0. The maximum Gasteiger partial charge on any atom is 0.311 e. The number of hydrogen-bond acceptors (Lipinski definition) is 4. The van der Waals surface area contributed by atoms with Crippen LogP contribution in [0.1, 0.15) is 81.6 Å². The standard InChI is InChI=1S/C7H14O2.C4H6O2.3C2H6/c1-5-7(2,3)6(8)9-4;5-4-2-1-3-6-4;3*1-2/h5H2,1-4H3;1-3H2;3*1-2H3. The number of cyclic esters (lactones) is 1. The normalized spacial score (nSPS) is 11.6. The number of ether oxygens (including phenoxy) is 2. The second kappa shape index (κ2) is 21.2. The van der Waals surface area contributed by atoms with Gasteiger partial charge in [0.25, 0.3) is 0 Å². The van der Waals surface area contributed by atoms with Gasteiger partial charge in [-0.2, -0.15) is 0 Å². The highest BCUT2D eigenvalue weighted by Gasteiger charge is 2.25. The number of hydrogen-bond donors (Lipinski definition) is 0. The van der Waals surface area contributed by atoms with Gasteiger partial charge in [-0.15, -0.1) is 0 Å². The summed E-state index contributed by atoms with van der Waals surface area (Å²) >= 11 is 0. The van der Waals surface area contributed by atoms with Crippen LogP contribution >= 0.6 is 0 Å². The summed E-state index contributed by atoms with van der Waals surface area (Å²) in [5.74, 6) is -0.181. The van der Waals surface area contributed by atoms with E-state index in [9.17, 15) is 9.59 Å². The molecule has 0 bridgehead atoms. The minimum atomic E-state index is -0.311. The molecule has 0 spiro atoms. The van der Waals surface area contributed by atoms with Crippen LogP contribution < -0.4 is 0 Å². The van der Waals surface area contributed by atoms with Gasteiger partial charge in [-0.25, -0.2) is 0 Å². The third-order valence-electron chi connectivity index (χ3n) is 2.41. The minimum absolute atomic E-state index is 0.0463. The van der Waals surface area contributed by atoms with E-state index < -0.39 is 0 Å². The van der Waals surface area contributed by atoms with Crippen LogP contribution in [0.25, 0.3) is 0 Å². The van der Waals surface area contributed by atoms with Crippen LogP contribution in [-0.4, -0.2) is 25.7 Å². The van der Waals surface area contributed by atoms with Gasteiger partial charge in [0.05, 0.1) is 19.1 Å². The molecule has 1 saturated heterocycles. The van der Waals surface area contributed by atoms with Crippen molar-refractivity contribution in [3.8, 4) is 0 Å². The lowest BCUT2D eigenvalue weighted by Gasteiger charge is -2.17. The molecule has 0 aromatic carbocycles. The molecule has 4 heteroatoms. The molecule has 0 aromatic heterocycles. The topological polar surface area (TPSA) is 52.6 Å². The largest absolute Gasteiger partial charge is 0.469 e. The Labute approximate surface area is 132 Å². The predicted octanol–water partition coefficient (Wildman–Crippen LogP) is 5.00. The number of methoxy groups -OCH3 is 1. The molecule has 1 aliphatic heterocycles. The van der Waals surface area contributed by atoms with Crippen molar-refractivity contribution >= 4 is 11.9 Å². The van der Waals surface area contributed by atoms with E-state index in [2.05, 4.69) is 9.47 Å². The fourth-order valence-electron chi connectivity index (χ4n) is 0.895. The van der Waals surface area contributed by atoms with Crippen molar-refractivity contribution in [2.24, 2.45) is 5.41 Å². The van der Waals surface area contributed by atoms with Gasteiger partial charge in [0.2, 0.25) is 0 Å². The van der Waals surface area contributed by atoms with Gasteiger partial charge in [0.15, 0.2) is 0 Å². The molecule has 21 heavy (non-hydrogen) atoms. The first-order valence-electron chi connectivity index (χ1n) is 8.18. The molecule has 0 saturated carbocycles. The van der Waals surface area contributed by atoms with Crippen molar-refractivity contribution in [2.75, 3.05) is 13.7 Å². The Morgan fingerprint density at radius 2 is 1.57 bits per heavy atom. The van der Waals surface area contributed by atoms with E-state index in [1.165, 1.54) is 7.11 Å². The Kier molecular flexibility index (Phi) is 28.5. The summed E-state index contributed by atoms with van der Waals surface area (Å²) in [5.41, 5.74) is -0.311. The molecule has 0 unspecified atom stereocenters. The Hall–Kier alpha value is -1.06. The molecule has 0 aliphatic carbocycles. The van der Waals surface area contributed by atoms with Crippen molar-refractivity contribution in [1.82, 2.24) is 0 Å². The zero-order chi connectivity index (χ0) is 17.9. The van der Waals surface area contributed by atoms with Crippen molar-refractivity contribution < 1.29 is 19.1 Å². The number of rotatable bonds is 2. The maximum absolute atomic E-state index is 10.8. The third-order valence-corrected chi connectivity index (χ3v) is 2.41. The van der Waals surface area contributed by atoms with Gasteiger partial charge in [-0.3, -0.25) is 9.59 Å². The summed E-state index contributed by atoms with van der Waals surface area (Å²) in [6.45, 7) is 18.4. The first kappa shape index (κ1) is 28.2. The Morgan fingerprint density at radius 1 is 1.14 bits per heavy atom. The highest BCUT2D eigenvalue weighted by molar-refractivity contribution is 5.75. The molecule has 0 aromatic rings. The highest BCUT2D eigenvalue weighted by atomic mass is 16.5. The Bertz CT molecular complexity index is 215. The van der Waals surface area contributed by atoms with E-state index in [-0.39, 0.29) is 17.4 Å². The van der Waals surface area contributed by atoms with Crippen molar-refractivity contribution in [2.45, 2.75) is 81.6 Å². The molecule has 1 fully saturated rings. The summed E-state index contributed by atoms with van der Waals surface area (Å²) in [6, 6.07) is 0. The molecule has 4 nitrogen and oxygen atoms in total. The van der Waals surface area contributed by atoms with Crippen LogP contribution in [0, 0.1) is 5.41 Å². The average Bonchev–Trinajstić information content (AvgIpc) is 3.04. The van der Waals surface area contributed by atoms with Crippen LogP contribution in [0.3, 0.4) is 0 Å². The third kappa shape index (κ3) is 18.9. The van der Waals surface area contributed by atoms with Gasteiger partial charge in [-0.1, -0.05) is 48.5 Å². The fourth-order valence-corrected chi connectivity index (χ4v) is 0.895. The molecule has 0 N–H and O–H groups in total. The highest BCUT2D eigenvalue weighted by Crippen LogP contribution is 2.20. The number of carbonyl (C=O) groups is 2. The average molecular weight is 306 g/mol. The van der Waals surface area contributed by atoms with E-state index in [0.29, 0.717) is 13.0 Å². The molecule has 0 radical (unpaired) electrons. The van der Waals surface area contributed by atoms with Crippen molar-refractivity contribution in [1.29, 1.82) is 0 Å². The lowest BCUT2D eigenvalue weighted by Crippen LogP contribution is -2.24. The van der Waals surface area contributed by atoms with E-state index in [0.717, 1.165) is 12.8 Å². The van der Waals surface area contributed by atoms with Crippen molar-refractivity contribution in [3.63, 3.8) is 0 Å². The number of carbonyl (C=O) groups excluding carboxylic acids is 2. The van der Waals surface area contributed by atoms with E-state index in [1.54, 1.807) is 0 Å². The van der Waals surface area contributed by atoms with Gasteiger partial charge < -0.3 is 9.47 Å². The zero-order valence-electron chi connectivity index (χ0n) is 16.0. The molecule has 130 valence electrons. The van der Waals surface area contributed by atoms with Crippen molar-refractivity contribution in [3.05, 3.63) is 0 Å². The molecular formula is C17H38O4. The molecule has 0 atom stereocenters. The van der Waals surface area contributed by atoms with Crippen LogP contribution in [0.2, 0.25) is 0 Å². The quantitative estimate of drug-likeness (QED) is 0.674. The van der Waals surface area contributed by atoms with E-state index in [1.807, 2.05) is 62.3 Å². The first-order valence-corrected chi connectivity index (χ1v) is 8.18. The van der Waals surface area contributed by atoms with E-state index in [4.69, 9.17) is 0 Å². The molecule has 1 aliphatic rings. The maximum atomic E-state index is 10.8. The van der Waals surface area contributed by atoms with Gasteiger partial charge in [0, 0.05) is 6.42 Å². The van der Waals surface area contributed by atoms with Crippen LogP contribution in [0.15, 0.2) is 0 Å². The van der Waals surface area contributed by atoms with Crippen LogP contribution in [0.4, 0.5) is 0 Å². The minimum Gasteiger partial charge on any atom is -0.469 e. The first-order chi connectivity index (χ1) is 9.94. The summed E-state index contributed by atoms with van der Waals surface area (Å²) in [6.07, 6.45) is 2.36. The molecule has 1 rings (SSSR count). The fraction of sp³-hybridized carbons (Fsp3) is 0.882. The van der Waals surface area contributed by atoms with Gasteiger partial charge in [-0.05, 0) is 26.7 Å². The lowest BCUT2D eigenvalue weighted by atomic mass is 9.91. The number of esters is 2. The van der Waals surface area contributed by atoms with Gasteiger partial charge >= 0.3 is 11.9 Å². The summed E-state index contributed by atoms with van der Waals surface area (Å²) in [4.78, 5) is 20.9. The summed E-state index contributed by atoms with van der Waals surface area (Å²) < 4.78 is 9.08. The van der Waals surface area contributed by atoms with E-state index >= 15 is 0 Å². The van der Waals surface area contributed by atoms with Crippen LogP contribution in [0.5, 0.6) is 0 Å². The molecular weight excluding hydrogens is 268 g/mol. The lowest BCUT2D eigenvalue weighted by molar-refractivity contribution is -0.150. The Balaban J connectivity index is -0.000000104. The predicted molar refractivity (Wildman–Crippen MR) is 90.3 cm³/mol. The smallest absolute Gasteiger partial charge is 0.311 e. The SMILES string of the molecule is CC.CC.CC.CCC(C)(C)C(=O)OC.O=C1CCCO1. The molecule has 0 amide bonds. The molecule has 1 heterocycles. The monoisotopic (exact) mass is 306 g/mol.